The summed E-state index contributed by atoms with van der Waals surface area (Å²) in [5.41, 5.74) is 0. The zero-order valence-electron chi connectivity index (χ0n) is 5.31. The van der Waals surface area contributed by atoms with Gasteiger partial charge in [-0.3, -0.25) is 0 Å². The first-order valence-electron chi connectivity index (χ1n) is 2.81. The molecule has 0 aromatic rings. The molecule has 2 heteroatoms. The van der Waals surface area contributed by atoms with Gasteiger partial charge in [0.25, 0.3) is 0 Å². The number of aliphatic hydroxyl groups is 1. The van der Waals surface area contributed by atoms with Crippen LogP contribution in [0.5, 0.6) is 0 Å². The zero-order valence-corrected chi connectivity index (χ0v) is 8.60. The van der Waals surface area contributed by atoms with Crippen LogP contribution in [0.15, 0.2) is 0 Å². The molecular weight excluding hydrogens is 195 g/mol. The van der Waals surface area contributed by atoms with Crippen molar-refractivity contribution >= 4 is 19.8 Å². The quantitative estimate of drug-likeness (QED) is 0.668. The monoisotopic (exact) mass is 210 g/mol. The molecule has 1 N–H and O–H groups in total. The molecule has 0 saturated carbocycles. The number of rotatable bonds is 2. The molecule has 1 unspecified atom stereocenters. The molecule has 0 aliphatic heterocycles. The summed E-state index contributed by atoms with van der Waals surface area (Å²) in [7, 11) is 0. The average Bonchev–Trinajstić information content (AvgIpc) is 1.27. The summed E-state index contributed by atoms with van der Waals surface area (Å²) in [4.78, 5) is 4.63. The summed E-state index contributed by atoms with van der Waals surface area (Å²) < 4.78 is 1.13. The van der Waals surface area contributed by atoms with E-state index >= 15 is 0 Å². The van der Waals surface area contributed by atoms with Gasteiger partial charge in [-0.15, -0.1) is 0 Å². The Balaban J connectivity index is 2.95. The first-order chi connectivity index (χ1) is 3.13. The molecule has 0 aliphatic carbocycles. The van der Waals surface area contributed by atoms with Crippen LogP contribution in [0, 0.1) is 0 Å². The van der Waals surface area contributed by atoms with E-state index in [-0.39, 0.29) is 6.10 Å². The molecule has 7 heavy (non-hydrogen) atoms. The zero-order chi connectivity index (χ0) is 5.86. The maximum atomic E-state index is 8.78. The molecule has 0 aromatic heterocycles. The third kappa shape index (κ3) is 6.76. The van der Waals surface area contributed by atoms with Crippen molar-refractivity contribution in [2.75, 3.05) is 0 Å². The van der Waals surface area contributed by atoms with Gasteiger partial charge < -0.3 is 0 Å². The second-order valence-electron chi connectivity index (χ2n) is 2.48. The van der Waals surface area contributed by atoms with E-state index in [0.717, 1.165) is 4.44 Å². The molecule has 0 saturated heterocycles. The van der Waals surface area contributed by atoms with E-state index in [1.807, 2.05) is 6.92 Å². The molecule has 1 atom stereocenters. The standard InChI is InChI=1S/C3H7O.2CH3.Sn.H/c1-3(2)4;;;;/h3-4H,1H2,2H3;2*1H3;;. The van der Waals surface area contributed by atoms with E-state index in [4.69, 9.17) is 5.11 Å². The molecule has 0 bridgehead atoms. The molecule has 0 heterocycles. The van der Waals surface area contributed by atoms with Gasteiger partial charge in [0.05, 0.1) is 0 Å². The van der Waals surface area contributed by atoms with Gasteiger partial charge in [0, 0.05) is 0 Å². The van der Waals surface area contributed by atoms with Crippen LogP contribution in [0.3, 0.4) is 0 Å². The minimum absolute atomic E-state index is 0.0317. The third-order valence-corrected chi connectivity index (χ3v) is 5.45. The van der Waals surface area contributed by atoms with Crippen LogP contribution in [-0.2, 0) is 0 Å². The Kier molecular flexibility index (Phi) is 4.13. The van der Waals surface area contributed by atoms with Crippen molar-refractivity contribution in [1.82, 2.24) is 0 Å². The second-order valence-corrected chi connectivity index (χ2v) is 11.8. The molecule has 0 radical (unpaired) electrons. The van der Waals surface area contributed by atoms with Crippen molar-refractivity contribution < 1.29 is 5.11 Å². The fourth-order valence-electron chi connectivity index (χ4n) is 0.682. The molecule has 0 aromatic carbocycles. The Hall–Kier alpha value is 0.759. The summed E-state index contributed by atoms with van der Waals surface area (Å²) in [6.07, 6.45) is -0.0317. The maximum absolute atomic E-state index is 8.78. The van der Waals surface area contributed by atoms with Crippen LogP contribution in [0.1, 0.15) is 6.92 Å². The predicted octanol–water partition coefficient (Wildman–Crippen LogP) is 0.854. The van der Waals surface area contributed by atoms with Crippen molar-refractivity contribution in [2.24, 2.45) is 0 Å². The number of hydrogen-bond acceptors (Lipinski definition) is 1. The predicted molar refractivity (Wildman–Crippen MR) is 35.4 cm³/mol. The van der Waals surface area contributed by atoms with Crippen LogP contribution < -0.4 is 0 Å². The Bertz CT molecular complexity index is 37.3. The summed E-state index contributed by atoms with van der Waals surface area (Å²) in [6.45, 7) is 1.87. The van der Waals surface area contributed by atoms with Crippen molar-refractivity contribution in [3.8, 4) is 0 Å². The van der Waals surface area contributed by atoms with Gasteiger partial charge in [-0.05, 0) is 0 Å². The Morgan fingerprint density at radius 1 is 1.57 bits per heavy atom. The van der Waals surface area contributed by atoms with E-state index in [2.05, 4.69) is 9.88 Å². The number of aliphatic hydroxyl groups excluding tert-OH is 1. The fraction of sp³-hybridized carbons (Fsp3) is 1.00. The molecule has 44 valence electrons. The van der Waals surface area contributed by atoms with Gasteiger partial charge in [0.15, 0.2) is 0 Å². The van der Waals surface area contributed by atoms with Gasteiger partial charge >= 0.3 is 52.2 Å². The van der Waals surface area contributed by atoms with E-state index in [1.165, 1.54) is 0 Å². The first kappa shape index (κ1) is 7.76. The van der Waals surface area contributed by atoms with Crippen LogP contribution >= 0.6 is 0 Å². The summed E-state index contributed by atoms with van der Waals surface area (Å²) >= 11 is -1.04. The molecule has 0 rings (SSSR count). The van der Waals surface area contributed by atoms with Gasteiger partial charge in [-0.25, -0.2) is 0 Å². The molecular formula is C5H14OSn. The van der Waals surface area contributed by atoms with Crippen LogP contribution in [-0.4, -0.2) is 31.0 Å². The van der Waals surface area contributed by atoms with E-state index in [0.29, 0.717) is 0 Å². The van der Waals surface area contributed by atoms with Crippen LogP contribution in [0.4, 0.5) is 0 Å². The van der Waals surface area contributed by atoms with Crippen LogP contribution in [0.2, 0.25) is 14.3 Å². The van der Waals surface area contributed by atoms with Crippen molar-refractivity contribution in [2.45, 2.75) is 27.3 Å². The van der Waals surface area contributed by atoms with Gasteiger partial charge in [-0.2, -0.15) is 0 Å². The molecule has 0 spiro atoms. The third-order valence-electron chi connectivity index (χ3n) is 0.813. The van der Waals surface area contributed by atoms with Gasteiger partial charge in [-0.1, -0.05) is 0 Å². The molecule has 1 nitrogen and oxygen atoms in total. The van der Waals surface area contributed by atoms with Crippen molar-refractivity contribution in [3.63, 3.8) is 0 Å². The normalized spacial score (nSPS) is 15.0. The minimum atomic E-state index is -1.04. The number of hydrogen-bond donors (Lipinski definition) is 1. The Morgan fingerprint density at radius 2 is 2.00 bits per heavy atom. The molecule has 0 amide bonds. The first-order valence-corrected chi connectivity index (χ1v) is 11.7. The molecule has 0 fully saturated rings. The Labute approximate surface area is 52.5 Å². The summed E-state index contributed by atoms with van der Waals surface area (Å²) in [6, 6.07) is 0. The summed E-state index contributed by atoms with van der Waals surface area (Å²) in [5, 5.41) is 8.78. The SMILES string of the molecule is CC(O)[CH2][SnH]([CH3])[CH3]. The fourth-order valence-corrected chi connectivity index (χ4v) is 4.58. The van der Waals surface area contributed by atoms with Gasteiger partial charge in [0.1, 0.15) is 0 Å². The second kappa shape index (κ2) is 3.72. The average molecular weight is 209 g/mol. The van der Waals surface area contributed by atoms with Crippen molar-refractivity contribution in [3.05, 3.63) is 0 Å². The Morgan fingerprint density at radius 3 is 2.00 bits per heavy atom. The van der Waals surface area contributed by atoms with E-state index in [1.54, 1.807) is 0 Å². The molecule has 0 aliphatic rings. The van der Waals surface area contributed by atoms with E-state index in [9.17, 15) is 0 Å². The summed E-state index contributed by atoms with van der Waals surface area (Å²) in [5.74, 6) is 0. The van der Waals surface area contributed by atoms with E-state index < -0.39 is 19.8 Å². The van der Waals surface area contributed by atoms with Gasteiger partial charge in [0.2, 0.25) is 0 Å². The van der Waals surface area contributed by atoms with Crippen LogP contribution in [0.25, 0.3) is 0 Å². The van der Waals surface area contributed by atoms with Crippen molar-refractivity contribution in [1.29, 1.82) is 0 Å². The topological polar surface area (TPSA) is 20.2 Å².